The van der Waals surface area contributed by atoms with Gasteiger partial charge < -0.3 is 5.32 Å². The van der Waals surface area contributed by atoms with Gasteiger partial charge in [0, 0.05) is 21.7 Å². The number of benzene rings is 3. The molecular formula is C23H14ClF3N2O. The molecule has 0 spiro atoms. The van der Waals surface area contributed by atoms with Crippen molar-refractivity contribution in [2.75, 3.05) is 5.32 Å². The summed E-state index contributed by atoms with van der Waals surface area (Å²) >= 11 is 5.95. The van der Waals surface area contributed by atoms with Gasteiger partial charge in [-0.2, -0.15) is 13.2 Å². The smallest absolute Gasteiger partial charge is 0.322 e. The molecule has 1 N–H and O–H groups in total. The van der Waals surface area contributed by atoms with Crippen molar-refractivity contribution in [3.63, 3.8) is 0 Å². The maximum atomic E-state index is 13.0. The number of pyridine rings is 1. The number of alkyl halides is 3. The zero-order valence-corrected chi connectivity index (χ0v) is 16.1. The molecule has 4 aromatic rings. The van der Waals surface area contributed by atoms with Crippen molar-refractivity contribution in [1.29, 1.82) is 0 Å². The van der Waals surface area contributed by atoms with E-state index in [-0.39, 0.29) is 5.69 Å². The number of rotatable bonds is 3. The highest BCUT2D eigenvalue weighted by Crippen LogP contribution is 2.30. The lowest BCUT2D eigenvalue weighted by molar-refractivity contribution is -0.137. The van der Waals surface area contributed by atoms with Crippen LogP contribution >= 0.6 is 11.6 Å². The van der Waals surface area contributed by atoms with Crippen LogP contribution in [-0.2, 0) is 6.18 Å². The van der Waals surface area contributed by atoms with Crippen LogP contribution in [0.25, 0.3) is 22.2 Å². The zero-order chi connectivity index (χ0) is 21.3. The molecule has 1 amide bonds. The molecule has 0 aliphatic carbocycles. The Morgan fingerprint density at radius 3 is 2.23 bits per heavy atom. The molecule has 3 nitrogen and oxygen atoms in total. The summed E-state index contributed by atoms with van der Waals surface area (Å²) in [6.07, 6.45) is -4.43. The van der Waals surface area contributed by atoms with Crippen LogP contribution in [0.5, 0.6) is 0 Å². The van der Waals surface area contributed by atoms with E-state index in [9.17, 15) is 18.0 Å². The van der Waals surface area contributed by atoms with Crippen molar-refractivity contribution < 1.29 is 18.0 Å². The van der Waals surface area contributed by atoms with Gasteiger partial charge in [0.2, 0.25) is 0 Å². The highest BCUT2D eigenvalue weighted by atomic mass is 35.5. The third-order valence-corrected chi connectivity index (χ3v) is 4.82. The minimum Gasteiger partial charge on any atom is -0.322 e. The number of para-hydroxylation sites is 1. The number of aromatic nitrogens is 1. The van der Waals surface area contributed by atoms with Gasteiger partial charge in [0.1, 0.15) is 0 Å². The van der Waals surface area contributed by atoms with Gasteiger partial charge in [-0.05, 0) is 48.5 Å². The molecule has 30 heavy (non-hydrogen) atoms. The van der Waals surface area contributed by atoms with E-state index in [4.69, 9.17) is 11.6 Å². The van der Waals surface area contributed by atoms with E-state index >= 15 is 0 Å². The average molecular weight is 427 g/mol. The molecule has 0 bridgehead atoms. The van der Waals surface area contributed by atoms with E-state index in [1.165, 1.54) is 12.1 Å². The number of amides is 1. The predicted molar refractivity (Wildman–Crippen MR) is 112 cm³/mol. The summed E-state index contributed by atoms with van der Waals surface area (Å²) in [4.78, 5) is 17.6. The summed E-state index contributed by atoms with van der Waals surface area (Å²) in [6.45, 7) is 0. The number of anilines is 1. The Labute approximate surface area is 175 Å². The fourth-order valence-corrected chi connectivity index (χ4v) is 3.20. The zero-order valence-electron chi connectivity index (χ0n) is 15.4. The number of halogens is 4. The number of hydrogen-bond donors (Lipinski definition) is 1. The van der Waals surface area contributed by atoms with Gasteiger partial charge in [-0.25, -0.2) is 4.98 Å². The maximum absolute atomic E-state index is 13.0. The van der Waals surface area contributed by atoms with E-state index in [1.54, 1.807) is 48.5 Å². The molecular weight excluding hydrogens is 413 g/mol. The van der Waals surface area contributed by atoms with E-state index in [2.05, 4.69) is 10.3 Å². The molecule has 0 atom stereocenters. The van der Waals surface area contributed by atoms with Gasteiger partial charge >= 0.3 is 6.18 Å². The minimum atomic E-state index is -4.43. The van der Waals surface area contributed by atoms with Gasteiger partial charge in [-0.1, -0.05) is 41.9 Å². The first kappa shape index (κ1) is 19.9. The third kappa shape index (κ3) is 4.14. The van der Waals surface area contributed by atoms with E-state index in [0.717, 1.165) is 17.7 Å². The Morgan fingerprint density at radius 2 is 1.57 bits per heavy atom. The number of carbonyl (C=O) groups excluding carboxylic acids is 1. The summed E-state index contributed by atoms with van der Waals surface area (Å²) in [5, 5.41) is 3.88. The average Bonchev–Trinajstić information content (AvgIpc) is 2.73. The van der Waals surface area contributed by atoms with Crippen LogP contribution < -0.4 is 5.32 Å². The topological polar surface area (TPSA) is 42.0 Å². The van der Waals surface area contributed by atoms with E-state index < -0.39 is 17.6 Å². The van der Waals surface area contributed by atoms with Crippen molar-refractivity contribution in [3.8, 4) is 11.3 Å². The summed E-state index contributed by atoms with van der Waals surface area (Å²) in [5.74, 6) is -0.441. The van der Waals surface area contributed by atoms with Crippen LogP contribution in [-0.4, -0.2) is 10.9 Å². The third-order valence-electron chi connectivity index (χ3n) is 4.57. The fraction of sp³-hybridized carbons (Fsp3) is 0.0435. The van der Waals surface area contributed by atoms with Gasteiger partial charge in [-0.15, -0.1) is 0 Å². The fourth-order valence-electron chi connectivity index (χ4n) is 3.07. The summed E-state index contributed by atoms with van der Waals surface area (Å²) < 4.78 is 38.2. The highest BCUT2D eigenvalue weighted by molar-refractivity contribution is 6.30. The van der Waals surface area contributed by atoms with Gasteiger partial charge in [0.15, 0.2) is 0 Å². The number of nitrogens with one attached hydrogen (secondary N) is 1. The van der Waals surface area contributed by atoms with Crippen molar-refractivity contribution in [3.05, 3.63) is 95.0 Å². The SMILES string of the molecule is O=C(Nc1ccc(C(F)(F)F)cc1)c1cc(-c2ccc(Cl)cc2)nc2ccccc12. The Morgan fingerprint density at radius 1 is 0.900 bits per heavy atom. The van der Waals surface area contributed by atoms with Crippen molar-refractivity contribution in [2.45, 2.75) is 6.18 Å². The quantitative estimate of drug-likeness (QED) is 0.390. The monoisotopic (exact) mass is 426 g/mol. The lowest BCUT2D eigenvalue weighted by atomic mass is 10.0. The molecule has 0 fully saturated rings. The van der Waals surface area contributed by atoms with Crippen LogP contribution in [0.15, 0.2) is 78.9 Å². The molecule has 1 heterocycles. The molecule has 0 saturated carbocycles. The van der Waals surface area contributed by atoms with Gasteiger partial charge in [0.25, 0.3) is 5.91 Å². The van der Waals surface area contributed by atoms with Crippen LogP contribution in [0, 0.1) is 0 Å². The minimum absolute atomic E-state index is 0.266. The summed E-state index contributed by atoms with van der Waals surface area (Å²) in [7, 11) is 0. The van der Waals surface area contributed by atoms with Crippen LogP contribution in [0.4, 0.5) is 18.9 Å². The lowest BCUT2D eigenvalue weighted by Crippen LogP contribution is -2.13. The second-order valence-electron chi connectivity index (χ2n) is 6.61. The first-order valence-electron chi connectivity index (χ1n) is 8.95. The molecule has 0 aliphatic rings. The Hall–Kier alpha value is -3.38. The van der Waals surface area contributed by atoms with Crippen LogP contribution in [0.3, 0.4) is 0 Å². The van der Waals surface area contributed by atoms with Crippen LogP contribution in [0.1, 0.15) is 15.9 Å². The Kier molecular flexibility index (Phi) is 5.18. The van der Waals surface area contributed by atoms with Crippen LogP contribution in [0.2, 0.25) is 5.02 Å². The predicted octanol–water partition coefficient (Wildman–Crippen LogP) is 6.83. The highest BCUT2D eigenvalue weighted by Gasteiger charge is 2.30. The summed E-state index contributed by atoms with van der Waals surface area (Å²) in [5.41, 5.74) is 1.85. The molecule has 7 heteroatoms. The molecule has 0 aliphatic heterocycles. The molecule has 4 rings (SSSR count). The van der Waals surface area contributed by atoms with Crippen molar-refractivity contribution >= 4 is 34.1 Å². The number of fused-ring (bicyclic) bond motifs is 1. The number of carbonyl (C=O) groups is 1. The summed E-state index contributed by atoms with van der Waals surface area (Å²) in [6, 6.07) is 20.2. The lowest BCUT2D eigenvalue weighted by Gasteiger charge is -2.12. The Bertz CT molecular complexity index is 1220. The molecule has 0 saturated heterocycles. The number of hydrogen-bond acceptors (Lipinski definition) is 2. The van der Waals surface area contributed by atoms with E-state index in [0.29, 0.717) is 27.2 Å². The van der Waals surface area contributed by atoms with Gasteiger partial charge in [0.05, 0.1) is 22.3 Å². The maximum Gasteiger partial charge on any atom is 0.416 e. The van der Waals surface area contributed by atoms with Crippen molar-refractivity contribution in [2.24, 2.45) is 0 Å². The largest absolute Gasteiger partial charge is 0.416 e. The molecule has 0 unspecified atom stereocenters. The van der Waals surface area contributed by atoms with Crippen molar-refractivity contribution in [1.82, 2.24) is 4.98 Å². The molecule has 3 aromatic carbocycles. The first-order chi connectivity index (χ1) is 14.3. The molecule has 0 radical (unpaired) electrons. The Balaban J connectivity index is 1.71. The van der Waals surface area contributed by atoms with E-state index in [1.807, 2.05) is 6.07 Å². The van der Waals surface area contributed by atoms with Gasteiger partial charge in [-0.3, -0.25) is 4.79 Å². The number of nitrogens with zero attached hydrogens (tertiary/aromatic N) is 1. The normalized spacial score (nSPS) is 11.5. The second kappa shape index (κ2) is 7.80. The molecule has 1 aromatic heterocycles. The second-order valence-corrected chi connectivity index (χ2v) is 7.04. The standard InChI is InChI=1S/C23H14ClF3N2O/c24-16-9-5-14(6-10-16)21-13-19(18-3-1-2-4-20(18)29-21)22(30)28-17-11-7-15(8-12-17)23(25,26)27/h1-13H,(H,28,30). The first-order valence-corrected chi connectivity index (χ1v) is 9.33. The molecule has 150 valence electrons.